The Morgan fingerprint density at radius 2 is 2.22 bits per heavy atom. The van der Waals surface area contributed by atoms with Gasteiger partial charge in [-0.2, -0.15) is 0 Å². The second-order valence-corrected chi connectivity index (χ2v) is 5.99. The third kappa shape index (κ3) is 4.14. The molecule has 1 unspecified atom stereocenters. The number of rotatable bonds is 7. The van der Waals surface area contributed by atoms with Crippen molar-refractivity contribution in [2.75, 3.05) is 12.4 Å². The number of hydrogen-bond acceptors (Lipinski definition) is 4. The average molecular weight is 288 g/mol. The van der Waals surface area contributed by atoms with Crippen molar-refractivity contribution in [1.29, 1.82) is 0 Å². The van der Waals surface area contributed by atoms with Crippen LogP contribution in [0.5, 0.6) is 0 Å². The van der Waals surface area contributed by atoms with Gasteiger partial charge in [0, 0.05) is 28.3 Å². The van der Waals surface area contributed by atoms with Gasteiger partial charge in [0.15, 0.2) is 0 Å². The average Bonchev–Trinajstić information content (AvgIpc) is 3.18. The van der Waals surface area contributed by atoms with Crippen LogP contribution in [0, 0.1) is 0 Å². The van der Waals surface area contributed by atoms with Gasteiger partial charge in [-0.15, -0.1) is 11.8 Å². The second kappa shape index (κ2) is 6.78. The Morgan fingerprint density at radius 3 is 2.89 bits per heavy atom. The lowest BCUT2D eigenvalue weighted by Gasteiger charge is -2.13. The van der Waals surface area contributed by atoms with Gasteiger partial charge in [0.1, 0.15) is 0 Å². The van der Waals surface area contributed by atoms with Crippen LogP contribution in [0.25, 0.3) is 0 Å². The lowest BCUT2D eigenvalue weighted by molar-refractivity contribution is 0.113. The number of benzene rings is 1. The van der Waals surface area contributed by atoms with E-state index in [0.29, 0.717) is 11.8 Å². The molecule has 0 aromatic heterocycles. The van der Waals surface area contributed by atoms with E-state index in [1.807, 2.05) is 18.2 Å². The number of aliphatic hydroxyl groups excluding tert-OH is 2. The van der Waals surface area contributed by atoms with Crippen molar-refractivity contribution in [3.63, 3.8) is 0 Å². The molecule has 18 heavy (non-hydrogen) atoms. The van der Waals surface area contributed by atoms with Crippen LogP contribution in [-0.2, 0) is 6.54 Å². The Hall–Kier alpha value is -0.260. The van der Waals surface area contributed by atoms with Crippen LogP contribution in [0.1, 0.15) is 18.4 Å². The van der Waals surface area contributed by atoms with E-state index < -0.39 is 6.10 Å². The number of thioether (sulfide) groups is 1. The van der Waals surface area contributed by atoms with Crippen molar-refractivity contribution in [1.82, 2.24) is 5.32 Å². The quantitative estimate of drug-likeness (QED) is 0.672. The molecule has 100 valence electrons. The van der Waals surface area contributed by atoms with E-state index in [2.05, 4.69) is 5.32 Å². The second-order valence-electron chi connectivity index (χ2n) is 4.52. The smallest absolute Gasteiger partial charge is 0.0864 e. The maximum atomic E-state index is 9.39. The number of nitrogens with one attached hydrogen (secondary N) is 1. The van der Waals surface area contributed by atoms with Gasteiger partial charge in [0.05, 0.1) is 12.7 Å². The Kier molecular flexibility index (Phi) is 5.33. The maximum absolute atomic E-state index is 9.39. The first-order chi connectivity index (χ1) is 8.70. The van der Waals surface area contributed by atoms with Crippen LogP contribution in [0.2, 0.25) is 5.02 Å². The topological polar surface area (TPSA) is 52.5 Å². The lowest BCUT2D eigenvalue weighted by Crippen LogP contribution is -2.17. The summed E-state index contributed by atoms with van der Waals surface area (Å²) in [5.74, 6) is 0.479. The van der Waals surface area contributed by atoms with Gasteiger partial charge >= 0.3 is 0 Å². The zero-order valence-corrected chi connectivity index (χ0v) is 11.7. The molecule has 1 saturated carbocycles. The highest BCUT2D eigenvalue weighted by Gasteiger charge is 2.21. The normalized spacial score (nSPS) is 16.8. The highest BCUT2D eigenvalue weighted by molar-refractivity contribution is 7.99. The van der Waals surface area contributed by atoms with E-state index in [1.165, 1.54) is 24.6 Å². The van der Waals surface area contributed by atoms with Crippen LogP contribution in [0.4, 0.5) is 0 Å². The number of hydrogen-bond donors (Lipinski definition) is 3. The largest absolute Gasteiger partial charge is 0.394 e. The van der Waals surface area contributed by atoms with E-state index in [1.54, 1.807) is 0 Å². The standard InChI is InChI=1S/C13H18ClNO2S/c14-12-2-1-3-13(18-8-10(17)7-16)11(12)6-15-9-4-5-9/h1-3,9-10,15-17H,4-8H2. The van der Waals surface area contributed by atoms with Crippen LogP contribution in [0.3, 0.4) is 0 Å². The van der Waals surface area contributed by atoms with Crippen molar-refractivity contribution >= 4 is 23.4 Å². The molecule has 0 saturated heterocycles. The van der Waals surface area contributed by atoms with Crippen molar-refractivity contribution in [2.45, 2.75) is 36.4 Å². The molecule has 0 amide bonds. The highest BCUT2D eigenvalue weighted by atomic mass is 35.5. The van der Waals surface area contributed by atoms with Crippen LogP contribution >= 0.6 is 23.4 Å². The minimum Gasteiger partial charge on any atom is -0.394 e. The first-order valence-corrected chi connectivity index (χ1v) is 7.49. The van der Waals surface area contributed by atoms with Gasteiger partial charge in [-0.3, -0.25) is 0 Å². The molecule has 1 aliphatic carbocycles. The summed E-state index contributed by atoms with van der Waals surface area (Å²) in [6, 6.07) is 6.45. The molecule has 3 nitrogen and oxygen atoms in total. The molecule has 1 aromatic rings. The summed E-state index contributed by atoms with van der Waals surface area (Å²) < 4.78 is 0. The zero-order chi connectivity index (χ0) is 13.0. The SMILES string of the molecule is OCC(O)CSc1cccc(Cl)c1CNC1CC1. The summed E-state index contributed by atoms with van der Waals surface area (Å²) >= 11 is 7.75. The third-order valence-electron chi connectivity index (χ3n) is 2.86. The lowest BCUT2D eigenvalue weighted by atomic mass is 10.2. The van der Waals surface area contributed by atoms with Crippen LogP contribution in [-0.4, -0.2) is 34.7 Å². The van der Waals surface area contributed by atoms with Gasteiger partial charge in [-0.05, 0) is 30.5 Å². The summed E-state index contributed by atoms with van der Waals surface area (Å²) in [5, 5.41) is 22.4. The first kappa shape index (κ1) is 14.2. The van der Waals surface area contributed by atoms with E-state index in [-0.39, 0.29) is 6.61 Å². The fraction of sp³-hybridized carbons (Fsp3) is 0.538. The molecule has 1 aromatic carbocycles. The number of halogens is 1. The Balaban J connectivity index is 1.99. The summed E-state index contributed by atoms with van der Waals surface area (Å²) in [5.41, 5.74) is 1.08. The molecule has 5 heteroatoms. The van der Waals surface area contributed by atoms with Gasteiger partial charge < -0.3 is 15.5 Å². The van der Waals surface area contributed by atoms with Crippen molar-refractivity contribution in [3.05, 3.63) is 28.8 Å². The fourth-order valence-electron chi connectivity index (χ4n) is 1.62. The zero-order valence-electron chi connectivity index (χ0n) is 10.1. The first-order valence-electron chi connectivity index (χ1n) is 6.13. The molecule has 0 aliphatic heterocycles. The molecule has 0 heterocycles. The highest BCUT2D eigenvalue weighted by Crippen LogP contribution is 2.30. The molecule has 0 bridgehead atoms. The predicted molar refractivity (Wildman–Crippen MR) is 75.1 cm³/mol. The van der Waals surface area contributed by atoms with Crippen molar-refractivity contribution in [3.8, 4) is 0 Å². The van der Waals surface area contributed by atoms with Gasteiger partial charge in [-0.25, -0.2) is 0 Å². The molecule has 0 spiro atoms. The number of aliphatic hydroxyl groups is 2. The minimum absolute atomic E-state index is 0.205. The monoisotopic (exact) mass is 287 g/mol. The van der Waals surface area contributed by atoms with Crippen molar-refractivity contribution < 1.29 is 10.2 Å². The molecule has 1 aliphatic rings. The van der Waals surface area contributed by atoms with Crippen LogP contribution < -0.4 is 5.32 Å². The molecule has 3 N–H and O–H groups in total. The summed E-state index contributed by atoms with van der Waals surface area (Å²) in [6.45, 7) is 0.561. The molecule has 1 fully saturated rings. The summed E-state index contributed by atoms with van der Waals surface area (Å²) in [4.78, 5) is 1.07. The maximum Gasteiger partial charge on any atom is 0.0864 e. The van der Waals surface area contributed by atoms with E-state index in [4.69, 9.17) is 16.7 Å². The predicted octanol–water partition coefficient (Wildman–Crippen LogP) is 2.04. The Bertz CT molecular complexity index is 399. The fourth-order valence-corrected chi connectivity index (χ4v) is 2.92. The third-order valence-corrected chi connectivity index (χ3v) is 4.46. The van der Waals surface area contributed by atoms with Crippen molar-refractivity contribution in [2.24, 2.45) is 0 Å². The molecule has 1 atom stereocenters. The molecular formula is C13H18ClNO2S. The Morgan fingerprint density at radius 1 is 1.44 bits per heavy atom. The van der Waals surface area contributed by atoms with Gasteiger partial charge in [-0.1, -0.05) is 17.7 Å². The minimum atomic E-state index is -0.682. The Labute approximate surface area is 117 Å². The molecular weight excluding hydrogens is 270 g/mol. The van der Waals surface area contributed by atoms with E-state index >= 15 is 0 Å². The summed E-state index contributed by atoms with van der Waals surface area (Å²) in [7, 11) is 0. The van der Waals surface area contributed by atoms with E-state index in [9.17, 15) is 5.11 Å². The molecule has 0 radical (unpaired) electrons. The van der Waals surface area contributed by atoms with Gasteiger partial charge in [0.2, 0.25) is 0 Å². The molecule has 2 rings (SSSR count). The van der Waals surface area contributed by atoms with Gasteiger partial charge in [0.25, 0.3) is 0 Å². The van der Waals surface area contributed by atoms with Crippen LogP contribution in [0.15, 0.2) is 23.1 Å². The van der Waals surface area contributed by atoms with E-state index in [0.717, 1.165) is 22.0 Å². The summed E-state index contributed by atoms with van der Waals surface area (Å²) in [6.07, 6.45) is 1.81.